The standard InChI is InChI=1S/C10H24N2.C7H15NO.C3H9B.C2H7N/c1-9(2,11(5)6)10(3,4)12(7)8;1-6(9)7(2,3)8(4)5;1-4(2)3;1-3-2/h1-8H3;1-5H3;1-3H3;3H,1-2H3. The third kappa shape index (κ3) is 14.6. The molecule has 0 saturated heterocycles. The molecule has 0 heterocycles. The van der Waals surface area contributed by atoms with Crippen LogP contribution in [0.1, 0.15) is 48.5 Å². The van der Waals surface area contributed by atoms with Crippen LogP contribution in [0.25, 0.3) is 0 Å². The summed E-state index contributed by atoms with van der Waals surface area (Å²) in [6.07, 6.45) is 0. The molecule has 0 aliphatic carbocycles. The highest BCUT2D eigenvalue weighted by molar-refractivity contribution is 6.54. The molecule has 0 spiro atoms. The van der Waals surface area contributed by atoms with Gasteiger partial charge in [0, 0.05) is 11.1 Å². The fraction of sp³-hybridized carbons (Fsp3) is 0.955. The van der Waals surface area contributed by atoms with Crippen LogP contribution in [0.2, 0.25) is 20.5 Å². The van der Waals surface area contributed by atoms with Crippen LogP contribution in [0.4, 0.5) is 0 Å². The second-order valence-electron chi connectivity index (χ2n) is 10.1. The largest absolute Gasteiger partial charge is 0.323 e. The number of nitrogens with one attached hydrogen (secondary N) is 1. The van der Waals surface area contributed by atoms with Crippen molar-refractivity contribution in [1.82, 2.24) is 20.0 Å². The van der Waals surface area contributed by atoms with Crippen molar-refractivity contribution in [2.45, 2.75) is 85.6 Å². The third-order valence-corrected chi connectivity index (χ3v) is 5.71. The molecule has 0 atom stereocenters. The Bertz CT molecular complexity index is 369. The molecule has 28 heavy (non-hydrogen) atoms. The molecule has 5 nitrogen and oxygen atoms in total. The number of hydrogen-bond donors (Lipinski definition) is 1. The first-order valence-corrected chi connectivity index (χ1v) is 10.3. The third-order valence-electron chi connectivity index (χ3n) is 5.71. The number of nitrogens with zero attached hydrogens (tertiary/aromatic N) is 3. The zero-order valence-corrected chi connectivity index (χ0v) is 22.8. The fourth-order valence-electron chi connectivity index (χ4n) is 1.41. The number of Topliss-reactive ketones (excluding diaryl/α,β-unsaturated/α-hetero) is 1. The molecule has 0 aromatic carbocycles. The maximum Gasteiger partial charge on any atom is 0.149 e. The van der Waals surface area contributed by atoms with E-state index in [0.717, 1.165) is 6.71 Å². The van der Waals surface area contributed by atoms with Crippen LogP contribution in [-0.4, -0.2) is 100 Å². The van der Waals surface area contributed by atoms with Gasteiger partial charge in [-0.1, -0.05) is 20.5 Å². The van der Waals surface area contributed by atoms with Gasteiger partial charge in [0.1, 0.15) is 12.5 Å². The predicted octanol–water partition coefficient (Wildman–Crippen LogP) is 3.79. The van der Waals surface area contributed by atoms with Crippen LogP contribution in [0.3, 0.4) is 0 Å². The molecule has 0 aromatic heterocycles. The van der Waals surface area contributed by atoms with E-state index in [9.17, 15) is 4.79 Å². The molecule has 0 saturated carbocycles. The van der Waals surface area contributed by atoms with Gasteiger partial charge in [-0.05, 0) is 105 Å². The van der Waals surface area contributed by atoms with E-state index < -0.39 is 0 Å². The van der Waals surface area contributed by atoms with Crippen molar-refractivity contribution >= 4 is 12.5 Å². The van der Waals surface area contributed by atoms with Gasteiger partial charge >= 0.3 is 0 Å². The van der Waals surface area contributed by atoms with Crippen molar-refractivity contribution in [3.05, 3.63) is 0 Å². The minimum absolute atomic E-state index is 0.177. The molecule has 1 N–H and O–H groups in total. The van der Waals surface area contributed by atoms with Gasteiger partial charge in [0.2, 0.25) is 0 Å². The minimum Gasteiger partial charge on any atom is -0.323 e. The summed E-state index contributed by atoms with van der Waals surface area (Å²) < 4.78 is 0. The van der Waals surface area contributed by atoms with Crippen LogP contribution >= 0.6 is 0 Å². The van der Waals surface area contributed by atoms with E-state index in [1.807, 2.05) is 46.9 Å². The zero-order valence-electron chi connectivity index (χ0n) is 22.8. The monoisotopic (exact) mass is 402 g/mol. The van der Waals surface area contributed by atoms with Crippen molar-refractivity contribution in [3.8, 4) is 0 Å². The van der Waals surface area contributed by atoms with Gasteiger partial charge in [0.25, 0.3) is 0 Å². The lowest BCUT2D eigenvalue weighted by Gasteiger charge is -2.50. The first-order chi connectivity index (χ1) is 12.2. The Hall–Kier alpha value is -0.425. The summed E-state index contributed by atoms with van der Waals surface area (Å²) in [5.41, 5.74) is 0.0486. The molecule has 0 bridgehead atoms. The fourth-order valence-corrected chi connectivity index (χ4v) is 1.41. The molecule has 6 heteroatoms. The Morgan fingerprint density at radius 3 is 0.893 bits per heavy atom. The Morgan fingerprint density at radius 2 is 0.857 bits per heavy atom. The van der Waals surface area contributed by atoms with Crippen molar-refractivity contribution in [1.29, 1.82) is 0 Å². The molecule has 0 fully saturated rings. The van der Waals surface area contributed by atoms with E-state index >= 15 is 0 Å². The molecule has 0 aromatic rings. The summed E-state index contributed by atoms with van der Waals surface area (Å²) in [7, 11) is 16.1. The Kier molecular flexibility index (Phi) is 19.3. The van der Waals surface area contributed by atoms with E-state index in [1.165, 1.54) is 0 Å². The highest BCUT2D eigenvalue weighted by Crippen LogP contribution is 2.29. The molecule has 0 aliphatic rings. The quantitative estimate of drug-likeness (QED) is 0.709. The van der Waals surface area contributed by atoms with Gasteiger partial charge in [-0.2, -0.15) is 0 Å². The molecular formula is C22H55BN4O. The van der Waals surface area contributed by atoms with Crippen LogP contribution in [-0.2, 0) is 4.79 Å². The van der Waals surface area contributed by atoms with Crippen LogP contribution in [0.15, 0.2) is 0 Å². The number of likely N-dealkylation sites (N-methyl/N-ethyl adjacent to an activating group) is 3. The highest BCUT2D eigenvalue weighted by Gasteiger charge is 2.40. The van der Waals surface area contributed by atoms with E-state index in [0.29, 0.717) is 0 Å². The lowest BCUT2D eigenvalue weighted by atomic mass is 9.58. The average molecular weight is 403 g/mol. The molecule has 0 radical (unpaired) electrons. The predicted molar refractivity (Wildman–Crippen MR) is 132 cm³/mol. The summed E-state index contributed by atoms with van der Waals surface area (Å²) in [6, 6.07) is 0. The van der Waals surface area contributed by atoms with Crippen molar-refractivity contribution < 1.29 is 4.79 Å². The second-order valence-corrected chi connectivity index (χ2v) is 10.1. The topological polar surface area (TPSA) is 38.8 Å². The summed E-state index contributed by atoms with van der Waals surface area (Å²) in [4.78, 5) is 17.3. The lowest BCUT2D eigenvalue weighted by molar-refractivity contribution is -0.125. The van der Waals surface area contributed by atoms with Crippen LogP contribution < -0.4 is 5.32 Å². The molecule has 0 aliphatic heterocycles. The highest BCUT2D eigenvalue weighted by atomic mass is 16.1. The second kappa shape index (κ2) is 15.4. The van der Waals surface area contributed by atoms with E-state index in [1.54, 1.807) is 6.92 Å². The normalized spacial score (nSPS) is 11.8. The zero-order chi connectivity index (χ0) is 24.1. The van der Waals surface area contributed by atoms with Gasteiger partial charge in [0.15, 0.2) is 0 Å². The maximum absolute atomic E-state index is 10.9. The molecule has 0 amide bonds. The number of hydrogen-bond acceptors (Lipinski definition) is 5. The number of rotatable bonds is 5. The van der Waals surface area contributed by atoms with E-state index in [-0.39, 0.29) is 22.4 Å². The van der Waals surface area contributed by atoms with Gasteiger partial charge in [-0.25, -0.2) is 0 Å². The number of ketones is 1. The van der Waals surface area contributed by atoms with Gasteiger partial charge in [-0.3, -0.25) is 9.69 Å². The van der Waals surface area contributed by atoms with Crippen LogP contribution in [0.5, 0.6) is 0 Å². The first kappa shape index (κ1) is 35.0. The molecular weight excluding hydrogens is 347 g/mol. The molecule has 172 valence electrons. The minimum atomic E-state index is -0.306. The summed E-state index contributed by atoms with van der Waals surface area (Å²) in [6.45, 7) is 21.9. The van der Waals surface area contributed by atoms with Crippen molar-refractivity contribution in [3.63, 3.8) is 0 Å². The number of carbonyl (C=O) groups excluding carboxylic acids is 1. The van der Waals surface area contributed by atoms with Gasteiger partial charge in [-0.15, -0.1) is 0 Å². The summed E-state index contributed by atoms with van der Waals surface area (Å²) in [5.74, 6) is 0.201. The van der Waals surface area contributed by atoms with Crippen molar-refractivity contribution in [2.75, 3.05) is 56.4 Å². The molecule has 0 rings (SSSR count). The van der Waals surface area contributed by atoms with Gasteiger partial charge in [0.05, 0.1) is 5.54 Å². The smallest absolute Gasteiger partial charge is 0.149 e. The Balaban J connectivity index is -0.000000158. The molecule has 0 unspecified atom stereocenters. The Morgan fingerprint density at radius 1 is 0.679 bits per heavy atom. The average Bonchev–Trinajstić information content (AvgIpc) is 2.47. The lowest BCUT2D eigenvalue weighted by Crippen LogP contribution is -2.61. The van der Waals surface area contributed by atoms with Gasteiger partial charge < -0.3 is 15.1 Å². The SMILES string of the molecule is CB(C)C.CC(=O)C(C)(C)N(C)C.CN(C)C(C)(C)C(C)(C)N(C)C.CNC. The summed E-state index contributed by atoms with van der Waals surface area (Å²) >= 11 is 0. The number of carbonyl (C=O) groups is 1. The summed E-state index contributed by atoms with van der Waals surface area (Å²) in [5, 5.41) is 2.75. The Labute approximate surface area is 179 Å². The van der Waals surface area contributed by atoms with Crippen LogP contribution in [0, 0.1) is 0 Å². The van der Waals surface area contributed by atoms with E-state index in [2.05, 4.69) is 91.5 Å². The first-order valence-electron chi connectivity index (χ1n) is 10.3. The van der Waals surface area contributed by atoms with Crippen molar-refractivity contribution in [2.24, 2.45) is 0 Å². The maximum atomic E-state index is 10.9. The van der Waals surface area contributed by atoms with E-state index in [4.69, 9.17) is 0 Å².